The number of carbonyl (C=O) groups excluding carboxylic acids is 2. The maximum Gasteiger partial charge on any atom is 0.508 e. The average Bonchev–Trinajstić information content (AvgIpc) is 3.42. The molecule has 2 fully saturated rings. The molecule has 0 aliphatic carbocycles. The molecule has 15 nitrogen and oxygen atoms in total. The molecular weight excluding hydrogens is 750 g/mol. The number of ether oxygens (including phenoxy) is 5. The minimum absolute atomic E-state index is 0.0798. The summed E-state index contributed by atoms with van der Waals surface area (Å²) in [5.41, 5.74) is 0.837. The van der Waals surface area contributed by atoms with E-state index in [1.54, 1.807) is 0 Å². The van der Waals surface area contributed by atoms with Crippen molar-refractivity contribution in [2.75, 3.05) is 33.5 Å². The van der Waals surface area contributed by atoms with Gasteiger partial charge in [0.25, 0.3) is 0 Å². The van der Waals surface area contributed by atoms with Crippen LogP contribution in [0.5, 0.6) is 0 Å². The molecule has 10 atom stereocenters. The molecule has 6 N–H and O–H groups in total. The molecule has 0 saturated carbocycles. The third-order valence-corrected chi connectivity index (χ3v) is 11.2. The SMILES string of the molecule is B[C@@H]1O[C@H](COC(=O)OCc2ccccc2)C(OP(O)(=S)OC)[C@@H]1CCCCCCCNC(=S)CCCCOC1O[C@H](CO)[C@H](O)[C@H](O)[C@H]1NC(C)=O. The summed E-state index contributed by atoms with van der Waals surface area (Å²) < 4.78 is 38.9. The van der Waals surface area contributed by atoms with Crippen molar-refractivity contribution in [2.45, 2.75) is 120 Å². The Balaban J connectivity index is 1.28. The second-order valence-electron chi connectivity index (χ2n) is 13.3. The van der Waals surface area contributed by atoms with Gasteiger partial charge in [0, 0.05) is 39.1 Å². The number of carbonyl (C=O) groups is 2. The van der Waals surface area contributed by atoms with Crippen LogP contribution in [0.2, 0.25) is 0 Å². The van der Waals surface area contributed by atoms with E-state index in [1.807, 2.05) is 38.2 Å². The molecular formula is C34H56BN2O13PS2. The number of benzene rings is 1. The summed E-state index contributed by atoms with van der Waals surface area (Å²) in [6, 6.07) is 8.10. The summed E-state index contributed by atoms with van der Waals surface area (Å²) in [6.45, 7) is -1.69. The summed E-state index contributed by atoms with van der Waals surface area (Å²) in [5.74, 6) is -0.483. The molecule has 3 unspecified atom stereocenters. The van der Waals surface area contributed by atoms with Crippen LogP contribution in [-0.4, -0.2) is 127 Å². The first-order chi connectivity index (χ1) is 25.3. The van der Waals surface area contributed by atoms with Gasteiger partial charge in [0.15, 0.2) is 6.29 Å². The van der Waals surface area contributed by atoms with Gasteiger partial charge in [-0.05, 0) is 49.5 Å². The predicted octanol–water partition coefficient (Wildman–Crippen LogP) is 1.95. The molecule has 0 aromatic heterocycles. The van der Waals surface area contributed by atoms with Crippen LogP contribution in [0.15, 0.2) is 30.3 Å². The first kappa shape index (κ1) is 45.6. The minimum atomic E-state index is -3.50. The normalized spacial score (nSPS) is 28.2. The number of aliphatic hydroxyl groups excluding tert-OH is 3. The lowest BCUT2D eigenvalue weighted by molar-refractivity contribution is -0.270. The maximum absolute atomic E-state index is 12.3. The molecule has 53 heavy (non-hydrogen) atoms. The molecule has 1 aromatic rings. The Labute approximate surface area is 323 Å². The second-order valence-corrected chi connectivity index (χ2v) is 16.7. The Morgan fingerprint density at radius 3 is 2.40 bits per heavy atom. The van der Waals surface area contributed by atoms with Crippen LogP contribution < -0.4 is 10.6 Å². The van der Waals surface area contributed by atoms with E-state index >= 15 is 0 Å². The van der Waals surface area contributed by atoms with Gasteiger partial charge in [0.2, 0.25) is 5.91 Å². The molecule has 2 heterocycles. The van der Waals surface area contributed by atoms with Crippen molar-refractivity contribution in [3.63, 3.8) is 0 Å². The molecule has 1 amide bonds. The fourth-order valence-corrected chi connectivity index (χ4v) is 7.56. The molecule has 0 spiro atoms. The number of rotatable bonds is 23. The monoisotopic (exact) mass is 806 g/mol. The van der Waals surface area contributed by atoms with E-state index < -0.39 is 68.2 Å². The standard InChI is InChI=1S/C34H56BN2O13PS2/c1-22(39)37-28-30(41)29(40)25(19-38)49-33(28)45-18-12-10-16-27(52)36-17-11-5-3-4-9-15-24-31(50-51(43,53)44-2)26(48-32(24)35)21-47-34(42)46-20-23-13-7-6-8-14-23/h6-8,13-14,24-26,28-33,38,40-41H,3-5,9-12,15-21,35H2,1-2H3,(H,36,52)(H,37,39)(H,43,53)/t24-,25+,26+,28+,29-,30+,31?,32+,33?,51?/m0/s1. The van der Waals surface area contributed by atoms with Crippen LogP contribution >= 0.6 is 18.9 Å². The Morgan fingerprint density at radius 1 is 0.981 bits per heavy atom. The lowest BCUT2D eigenvalue weighted by Gasteiger charge is -2.42. The van der Waals surface area contributed by atoms with Crippen molar-refractivity contribution in [1.29, 1.82) is 0 Å². The van der Waals surface area contributed by atoms with Crippen LogP contribution in [-0.2, 0) is 55.9 Å². The molecule has 2 saturated heterocycles. The van der Waals surface area contributed by atoms with Crippen LogP contribution in [0.3, 0.4) is 0 Å². The number of amides is 1. The Bertz CT molecular complexity index is 1310. The molecule has 19 heteroatoms. The third kappa shape index (κ3) is 16.1. The van der Waals surface area contributed by atoms with Crippen molar-refractivity contribution in [1.82, 2.24) is 10.6 Å². The van der Waals surface area contributed by atoms with E-state index in [0.29, 0.717) is 12.8 Å². The van der Waals surface area contributed by atoms with Crippen molar-refractivity contribution >= 4 is 55.6 Å². The Kier molecular flexibility index (Phi) is 20.6. The van der Waals surface area contributed by atoms with Gasteiger partial charge in [-0.25, -0.2) is 4.79 Å². The van der Waals surface area contributed by atoms with E-state index in [2.05, 4.69) is 10.6 Å². The number of nitrogens with one attached hydrogen (secondary N) is 2. The van der Waals surface area contributed by atoms with E-state index in [-0.39, 0.29) is 31.7 Å². The van der Waals surface area contributed by atoms with Gasteiger partial charge in [-0.15, -0.1) is 0 Å². The highest BCUT2D eigenvalue weighted by Crippen LogP contribution is 2.48. The van der Waals surface area contributed by atoms with Gasteiger partial charge in [0.1, 0.15) is 57.6 Å². The van der Waals surface area contributed by atoms with Crippen LogP contribution in [0.1, 0.15) is 70.3 Å². The van der Waals surface area contributed by atoms with Crippen molar-refractivity contribution in [2.24, 2.45) is 5.92 Å². The summed E-state index contributed by atoms with van der Waals surface area (Å²) in [6.07, 6.45) is 0.993. The first-order valence-electron chi connectivity index (χ1n) is 18.2. The molecule has 0 radical (unpaired) electrons. The highest BCUT2D eigenvalue weighted by molar-refractivity contribution is 8.07. The van der Waals surface area contributed by atoms with Gasteiger partial charge in [0.05, 0.1) is 11.6 Å². The van der Waals surface area contributed by atoms with E-state index in [0.717, 1.165) is 62.0 Å². The lowest BCUT2D eigenvalue weighted by atomic mass is 9.81. The number of thiocarbonyl (C=S) groups is 1. The maximum atomic E-state index is 12.3. The summed E-state index contributed by atoms with van der Waals surface area (Å²) in [7, 11) is 3.23. The summed E-state index contributed by atoms with van der Waals surface area (Å²) in [5, 5.41) is 35.8. The summed E-state index contributed by atoms with van der Waals surface area (Å²) >= 11 is 10.6. The zero-order valence-corrected chi connectivity index (χ0v) is 33.2. The van der Waals surface area contributed by atoms with Gasteiger partial charge in [-0.1, -0.05) is 68.2 Å². The number of hydrogen-bond acceptors (Lipinski definition) is 14. The summed E-state index contributed by atoms with van der Waals surface area (Å²) in [4.78, 5) is 35.0. The number of aliphatic hydroxyl groups is 3. The minimum Gasteiger partial charge on any atom is -0.431 e. The second kappa shape index (κ2) is 24.0. The topological polar surface area (TPSA) is 204 Å². The number of hydrogen-bond donors (Lipinski definition) is 6. The zero-order valence-electron chi connectivity index (χ0n) is 30.7. The van der Waals surface area contributed by atoms with E-state index in [1.165, 1.54) is 14.0 Å². The smallest absolute Gasteiger partial charge is 0.431 e. The van der Waals surface area contributed by atoms with Gasteiger partial charge in [-0.3, -0.25) is 4.79 Å². The lowest BCUT2D eigenvalue weighted by Crippen LogP contribution is -2.64. The molecule has 1 aromatic carbocycles. The number of unbranched alkanes of at least 4 members (excludes halogenated alkanes) is 5. The molecule has 2 aliphatic heterocycles. The fourth-order valence-electron chi connectivity index (χ4n) is 6.33. The van der Waals surface area contributed by atoms with Crippen molar-refractivity contribution in [3.05, 3.63) is 35.9 Å². The van der Waals surface area contributed by atoms with E-state index in [4.69, 9.17) is 56.8 Å². The average molecular weight is 807 g/mol. The Hall–Kier alpha value is -1.80. The van der Waals surface area contributed by atoms with Gasteiger partial charge in [-0.2, -0.15) is 0 Å². The Morgan fingerprint density at radius 2 is 1.70 bits per heavy atom. The van der Waals surface area contributed by atoms with Crippen LogP contribution in [0, 0.1) is 5.92 Å². The quantitative estimate of drug-likeness (QED) is 0.0308. The van der Waals surface area contributed by atoms with Crippen LogP contribution in [0.4, 0.5) is 4.79 Å². The fraction of sp³-hybridized carbons (Fsp3) is 0.735. The molecule has 2 aliphatic rings. The van der Waals surface area contributed by atoms with Crippen molar-refractivity contribution < 1.29 is 62.5 Å². The highest BCUT2D eigenvalue weighted by Gasteiger charge is 2.46. The predicted molar refractivity (Wildman–Crippen MR) is 205 cm³/mol. The molecule has 3 rings (SSSR count). The van der Waals surface area contributed by atoms with Crippen LogP contribution in [0.25, 0.3) is 0 Å². The first-order valence-corrected chi connectivity index (χ1v) is 21.2. The molecule has 0 bridgehead atoms. The van der Waals surface area contributed by atoms with E-state index in [9.17, 15) is 29.8 Å². The van der Waals surface area contributed by atoms with Gasteiger partial charge < -0.3 is 63.6 Å². The van der Waals surface area contributed by atoms with Crippen molar-refractivity contribution in [3.8, 4) is 0 Å². The zero-order chi connectivity index (χ0) is 38.8. The molecule has 300 valence electrons. The highest BCUT2D eigenvalue weighted by atomic mass is 32.5. The largest absolute Gasteiger partial charge is 0.508 e. The third-order valence-electron chi connectivity index (χ3n) is 9.20. The van der Waals surface area contributed by atoms with Gasteiger partial charge >= 0.3 is 12.9 Å².